The molecule has 0 radical (unpaired) electrons. The number of hydroxylamine groups is 1. The molecule has 0 saturated carbocycles. The first-order valence-electron chi connectivity index (χ1n) is 10.2. The molecule has 12 heteroatoms. The molecule has 0 saturated heterocycles. The van der Waals surface area contributed by atoms with Gasteiger partial charge in [-0.1, -0.05) is 38.1 Å². The molecule has 2 amide bonds. The Balaban J connectivity index is 2.11. The molecule has 0 unspecified atom stereocenters. The second-order valence-electron chi connectivity index (χ2n) is 7.59. The van der Waals surface area contributed by atoms with Gasteiger partial charge in [0, 0.05) is 11.1 Å². The molecule has 0 aliphatic carbocycles. The van der Waals surface area contributed by atoms with Gasteiger partial charge in [0.1, 0.15) is 10.5 Å². The lowest BCUT2D eigenvalue weighted by atomic mass is 10.1. The maximum atomic E-state index is 13.8. The molecule has 0 spiro atoms. The number of aldehydes is 1. The van der Waals surface area contributed by atoms with Crippen LogP contribution in [0.3, 0.4) is 0 Å². The highest BCUT2D eigenvalue weighted by Gasteiger charge is 2.38. The highest BCUT2D eigenvalue weighted by atomic mass is 32.2. The third kappa shape index (κ3) is 5.41. The number of anilines is 1. The van der Waals surface area contributed by atoms with E-state index in [0.29, 0.717) is 33.0 Å². The van der Waals surface area contributed by atoms with Crippen molar-refractivity contribution >= 4 is 39.5 Å². The van der Waals surface area contributed by atoms with E-state index >= 15 is 0 Å². The van der Waals surface area contributed by atoms with Crippen molar-refractivity contribution in [3.05, 3.63) is 53.2 Å². The van der Waals surface area contributed by atoms with Gasteiger partial charge in [0.05, 0.1) is 25.6 Å². The fourth-order valence-corrected chi connectivity index (χ4v) is 5.64. The van der Waals surface area contributed by atoms with Crippen molar-refractivity contribution in [1.82, 2.24) is 15.4 Å². The zero-order valence-corrected chi connectivity index (χ0v) is 20.6. The maximum absolute atomic E-state index is 13.8. The van der Waals surface area contributed by atoms with Crippen LogP contribution >= 0.6 is 11.3 Å². The molecule has 10 nitrogen and oxygen atoms in total. The summed E-state index contributed by atoms with van der Waals surface area (Å²) >= 11 is 0.938. The maximum Gasteiger partial charge on any atom is 0.361 e. The minimum Gasteiger partial charge on any atom is -0.478 e. The number of aryl methyl sites for hydroxylation is 1. The number of nitrogens with one attached hydrogen (secondary N) is 1. The van der Waals surface area contributed by atoms with Crippen molar-refractivity contribution in [3.8, 4) is 17.0 Å². The van der Waals surface area contributed by atoms with Crippen LogP contribution in [0, 0.1) is 12.8 Å². The summed E-state index contributed by atoms with van der Waals surface area (Å²) in [4.78, 5) is 37.6. The van der Waals surface area contributed by atoms with Gasteiger partial charge in [-0.25, -0.2) is 20.2 Å². The van der Waals surface area contributed by atoms with E-state index < -0.39 is 16.1 Å². The topological polar surface area (TPSA) is 128 Å². The lowest BCUT2D eigenvalue weighted by Crippen LogP contribution is -2.45. The Bertz CT molecular complexity index is 1270. The summed E-state index contributed by atoms with van der Waals surface area (Å²) in [5.41, 5.74) is 4.02. The number of benzene rings is 1. The predicted octanol–water partition coefficient (Wildman–Crippen LogP) is 3.83. The van der Waals surface area contributed by atoms with Crippen LogP contribution in [0.4, 0.5) is 10.6 Å². The zero-order chi connectivity index (χ0) is 24.9. The number of carbonyl (C=O) groups excluding carboxylic acids is 2. The van der Waals surface area contributed by atoms with E-state index in [1.165, 1.54) is 13.3 Å². The van der Waals surface area contributed by atoms with Crippen molar-refractivity contribution in [2.24, 2.45) is 5.92 Å². The van der Waals surface area contributed by atoms with Crippen LogP contribution in [-0.4, -0.2) is 44.4 Å². The Labute approximate surface area is 201 Å². The lowest BCUT2D eigenvalue weighted by Gasteiger charge is -2.23. The normalized spacial score (nSPS) is 11.3. The van der Waals surface area contributed by atoms with Crippen molar-refractivity contribution in [1.29, 1.82) is 0 Å². The van der Waals surface area contributed by atoms with E-state index in [0.717, 1.165) is 11.3 Å². The number of rotatable bonds is 9. The number of thiophene rings is 1. The Hall–Kier alpha value is -3.35. The van der Waals surface area contributed by atoms with Crippen LogP contribution in [0.2, 0.25) is 0 Å². The molecule has 3 aromatic rings. The molecular weight excluding hydrogens is 480 g/mol. The number of ether oxygens (including phenoxy) is 1. The molecule has 3 rings (SSSR count). The Kier molecular flexibility index (Phi) is 7.97. The number of hydrogen-bond donors (Lipinski definition) is 1. The van der Waals surface area contributed by atoms with Gasteiger partial charge in [-0.15, -0.1) is 11.3 Å². The van der Waals surface area contributed by atoms with E-state index in [2.05, 4.69) is 15.4 Å². The molecule has 0 aliphatic heterocycles. The number of nitrogens with zero attached hydrogens (tertiary/aromatic N) is 3. The van der Waals surface area contributed by atoms with Crippen LogP contribution in [0.25, 0.3) is 11.1 Å². The standard InChI is InChI=1S/C22H24N4O6S2/c1-14(2)13-32-25-22(28)26(19-20(31-4)24-15(3)11-23-19)34(29,30)21-18(9-10-33-21)17-7-5-16(12-27)6-8-17/h5-12,14H,13H2,1-4H3,(H,25,28). The molecule has 0 fully saturated rings. The molecule has 2 heterocycles. The zero-order valence-electron chi connectivity index (χ0n) is 19.0. The fraction of sp³-hybridized carbons (Fsp3) is 0.273. The van der Waals surface area contributed by atoms with E-state index in [9.17, 15) is 18.0 Å². The number of methoxy groups -OCH3 is 1. The third-order valence-electron chi connectivity index (χ3n) is 4.45. The Morgan fingerprint density at radius 2 is 1.94 bits per heavy atom. The largest absolute Gasteiger partial charge is 0.478 e. The molecule has 1 N–H and O–H groups in total. The molecular formula is C22H24N4O6S2. The van der Waals surface area contributed by atoms with E-state index in [-0.39, 0.29) is 28.4 Å². The van der Waals surface area contributed by atoms with E-state index in [4.69, 9.17) is 9.57 Å². The minimum absolute atomic E-state index is 0.0947. The third-order valence-corrected chi connectivity index (χ3v) is 7.59. The smallest absolute Gasteiger partial charge is 0.361 e. The van der Waals surface area contributed by atoms with Crippen molar-refractivity contribution in [2.75, 3.05) is 18.0 Å². The van der Waals surface area contributed by atoms with Crippen LogP contribution in [0.15, 0.2) is 46.1 Å². The first kappa shape index (κ1) is 25.3. The van der Waals surface area contributed by atoms with Gasteiger partial charge in [-0.3, -0.25) is 9.63 Å². The van der Waals surface area contributed by atoms with Crippen LogP contribution in [0.1, 0.15) is 29.9 Å². The van der Waals surface area contributed by atoms with Gasteiger partial charge in [-0.05, 0) is 29.9 Å². The predicted molar refractivity (Wildman–Crippen MR) is 127 cm³/mol. The number of urea groups is 1. The number of hydrogen-bond acceptors (Lipinski definition) is 9. The summed E-state index contributed by atoms with van der Waals surface area (Å²) in [6.07, 6.45) is 2.02. The van der Waals surface area contributed by atoms with Crippen LogP contribution in [0.5, 0.6) is 5.88 Å². The summed E-state index contributed by atoms with van der Waals surface area (Å²) in [7, 11) is -3.19. The SMILES string of the molecule is COc1nc(C)cnc1N(C(=O)NOCC(C)C)S(=O)(=O)c1sccc1-c1ccc(C=O)cc1. The van der Waals surface area contributed by atoms with Gasteiger partial charge in [0.2, 0.25) is 5.82 Å². The van der Waals surface area contributed by atoms with Crippen LogP contribution in [-0.2, 0) is 14.9 Å². The van der Waals surface area contributed by atoms with E-state index in [1.807, 2.05) is 13.8 Å². The summed E-state index contributed by atoms with van der Waals surface area (Å²) in [6.45, 7) is 5.58. The monoisotopic (exact) mass is 504 g/mol. The molecule has 180 valence electrons. The molecule has 34 heavy (non-hydrogen) atoms. The number of carbonyl (C=O) groups is 2. The minimum atomic E-state index is -4.49. The van der Waals surface area contributed by atoms with Crippen LogP contribution < -0.4 is 14.5 Å². The average Bonchev–Trinajstić information content (AvgIpc) is 3.31. The second kappa shape index (κ2) is 10.7. The summed E-state index contributed by atoms with van der Waals surface area (Å²) < 4.78 is 33.3. The van der Waals surface area contributed by atoms with Crippen molar-refractivity contribution in [3.63, 3.8) is 0 Å². The Morgan fingerprint density at radius 3 is 2.56 bits per heavy atom. The van der Waals surface area contributed by atoms with Gasteiger partial charge in [0.15, 0.2) is 0 Å². The molecule has 2 aromatic heterocycles. The highest BCUT2D eigenvalue weighted by Crippen LogP contribution is 2.37. The number of aromatic nitrogens is 2. The first-order chi connectivity index (χ1) is 16.2. The van der Waals surface area contributed by atoms with Crippen molar-refractivity contribution in [2.45, 2.75) is 25.0 Å². The van der Waals surface area contributed by atoms with Crippen molar-refractivity contribution < 1.29 is 27.6 Å². The molecule has 0 atom stereocenters. The van der Waals surface area contributed by atoms with Gasteiger partial charge in [0.25, 0.3) is 15.9 Å². The van der Waals surface area contributed by atoms with E-state index in [1.54, 1.807) is 42.6 Å². The van der Waals surface area contributed by atoms with Gasteiger partial charge < -0.3 is 4.74 Å². The van der Waals surface area contributed by atoms with Gasteiger partial charge in [-0.2, -0.15) is 12.7 Å². The quantitative estimate of drug-likeness (QED) is 0.344. The first-order valence-corrected chi connectivity index (χ1v) is 12.5. The summed E-state index contributed by atoms with van der Waals surface area (Å²) in [5.74, 6) is -0.359. The fourth-order valence-electron chi connectivity index (χ4n) is 2.89. The molecule has 0 bridgehead atoms. The lowest BCUT2D eigenvalue weighted by molar-refractivity contribution is 0.0471. The molecule has 1 aromatic carbocycles. The van der Waals surface area contributed by atoms with Gasteiger partial charge >= 0.3 is 6.03 Å². The molecule has 0 aliphatic rings. The number of sulfonamides is 1. The second-order valence-corrected chi connectivity index (χ2v) is 10.5. The summed E-state index contributed by atoms with van der Waals surface area (Å²) in [6, 6.07) is 6.97. The Morgan fingerprint density at radius 1 is 1.24 bits per heavy atom. The number of amides is 2. The summed E-state index contributed by atoms with van der Waals surface area (Å²) in [5, 5.41) is 1.60. The highest BCUT2D eigenvalue weighted by molar-refractivity contribution is 7.95. The average molecular weight is 505 g/mol.